The Balaban J connectivity index is 2.48. The van der Waals surface area contributed by atoms with Gasteiger partial charge < -0.3 is 10.4 Å². The Hall–Kier alpha value is -0.610. The number of hydrogen-bond acceptors (Lipinski definition) is 3. The van der Waals surface area contributed by atoms with E-state index in [1.165, 1.54) is 6.42 Å². The summed E-state index contributed by atoms with van der Waals surface area (Å²) in [6.45, 7) is 9.22. The molecule has 1 aliphatic rings. The molecule has 0 aromatic heterocycles. The highest BCUT2D eigenvalue weighted by Crippen LogP contribution is 2.20. The van der Waals surface area contributed by atoms with E-state index in [1.807, 2.05) is 27.7 Å². The third-order valence-corrected chi connectivity index (χ3v) is 3.22. The van der Waals surface area contributed by atoms with Crippen LogP contribution in [0, 0.1) is 0 Å². The maximum absolute atomic E-state index is 11.9. The van der Waals surface area contributed by atoms with Crippen molar-refractivity contribution in [2.45, 2.75) is 71.1 Å². The summed E-state index contributed by atoms with van der Waals surface area (Å²) in [5.41, 5.74) is -0.174. The van der Waals surface area contributed by atoms with Crippen molar-refractivity contribution in [3.8, 4) is 0 Å². The monoisotopic (exact) mass is 256 g/mol. The minimum Gasteiger partial charge on any atom is -0.393 e. The number of amides is 1. The first-order chi connectivity index (χ1) is 8.28. The Morgan fingerprint density at radius 1 is 1.44 bits per heavy atom. The molecule has 0 aliphatic carbocycles. The fourth-order valence-corrected chi connectivity index (χ4v) is 2.57. The molecule has 2 atom stereocenters. The molecule has 1 heterocycles. The summed E-state index contributed by atoms with van der Waals surface area (Å²) in [4.78, 5) is 14.2. The average molecular weight is 256 g/mol. The van der Waals surface area contributed by atoms with Crippen LogP contribution in [0.2, 0.25) is 0 Å². The van der Waals surface area contributed by atoms with Crippen molar-refractivity contribution < 1.29 is 9.90 Å². The van der Waals surface area contributed by atoms with Crippen LogP contribution < -0.4 is 5.32 Å². The van der Waals surface area contributed by atoms with Crippen molar-refractivity contribution in [2.24, 2.45) is 0 Å². The van der Waals surface area contributed by atoms with Crippen LogP contribution in [0.5, 0.6) is 0 Å². The fourth-order valence-electron chi connectivity index (χ4n) is 2.57. The number of carbonyl (C=O) groups is 1. The molecule has 0 spiro atoms. The van der Waals surface area contributed by atoms with Crippen molar-refractivity contribution in [3.05, 3.63) is 0 Å². The average Bonchev–Trinajstić information content (AvgIpc) is 2.17. The van der Waals surface area contributed by atoms with Crippen LogP contribution >= 0.6 is 0 Å². The van der Waals surface area contributed by atoms with Gasteiger partial charge in [-0.2, -0.15) is 0 Å². The zero-order valence-electron chi connectivity index (χ0n) is 12.2. The van der Waals surface area contributed by atoms with Gasteiger partial charge in [0.1, 0.15) is 0 Å². The van der Waals surface area contributed by atoms with E-state index in [1.54, 1.807) is 0 Å². The van der Waals surface area contributed by atoms with Crippen molar-refractivity contribution in [3.63, 3.8) is 0 Å². The Kier molecular flexibility index (Phi) is 5.60. The number of rotatable bonds is 4. The number of aliphatic hydroxyl groups excluding tert-OH is 1. The number of piperidine rings is 1. The minimum absolute atomic E-state index is 0.0833. The quantitative estimate of drug-likeness (QED) is 0.802. The second-order valence-electron chi connectivity index (χ2n) is 6.50. The first kappa shape index (κ1) is 15.4. The lowest BCUT2D eigenvalue weighted by molar-refractivity contribution is -0.124. The van der Waals surface area contributed by atoms with Crippen LogP contribution in [0.4, 0.5) is 0 Å². The Labute approximate surface area is 111 Å². The Bertz CT molecular complexity index is 271. The molecule has 0 saturated carbocycles. The van der Waals surface area contributed by atoms with Crippen molar-refractivity contribution in [1.82, 2.24) is 10.2 Å². The molecule has 4 heteroatoms. The topological polar surface area (TPSA) is 52.6 Å². The maximum Gasteiger partial charge on any atom is 0.234 e. The predicted octanol–water partition coefficient (Wildman–Crippen LogP) is 1.53. The molecular weight excluding hydrogens is 228 g/mol. The zero-order chi connectivity index (χ0) is 13.8. The third-order valence-electron chi connectivity index (χ3n) is 3.22. The summed E-state index contributed by atoms with van der Waals surface area (Å²) in [6, 6.07) is 0.351. The van der Waals surface area contributed by atoms with Crippen LogP contribution in [0.25, 0.3) is 0 Å². The molecule has 1 fully saturated rings. The van der Waals surface area contributed by atoms with Gasteiger partial charge in [-0.1, -0.05) is 6.42 Å². The lowest BCUT2D eigenvalue weighted by atomic mass is 9.97. The van der Waals surface area contributed by atoms with Gasteiger partial charge in [0.05, 0.1) is 12.6 Å². The van der Waals surface area contributed by atoms with Gasteiger partial charge in [-0.15, -0.1) is 0 Å². The number of aliphatic hydroxyl groups is 1. The van der Waals surface area contributed by atoms with E-state index in [0.717, 1.165) is 25.8 Å². The number of hydrogen-bond donors (Lipinski definition) is 2. The van der Waals surface area contributed by atoms with E-state index < -0.39 is 0 Å². The number of carbonyl (C=O) groups excluding carboxylic acids is 1. The smallest absolute Gasteiger partial charge is 0.234 e. The summed E-state index contributed by atoms with van der Waals surface area (Å²) in [6.07, 6.45) is 3.92. The summed E-state index contributed by atoms with van der Waals surface area (Å²) >= 11 is 0. The van der Waals surface area contributed by atoms with E-state index >= 15 is 0 Å². The highest BCUT2D eigenvalue weighted by Gasteiger charge is 2.26. The van der Waals surface area contributed by atoms with Crippen LogP contribution in [0.1, 0.15) is 53.4 Å². The van der Waals surface area contributed by atoms with Gasteiger partial charge in [0, 0.05) is 11.6 Å². The van der Waals surface area contributed by atoms with Gasteiger partial charge in [-0.25, -0.2) is 0 Å². The van der Waals surface area contributed by atoms with Gasteiger partial charge in [0.2, 0.25) is 5.91 Å². The van der Waals surface area contributed by atoms with Gasteiger partial charge in [-0.3, -0.25) is 9.69 Å². The summed E-state index contributed by atoms with van der Waals surface area (Å²) in [7, 11) is 0. The molecular formula is C14H28N2O2. The van der Waals surface area contributed by atoms with Crippen molar-refractivity contribution >= 4 is 5.91 Å². The summed E-state index contributed by atoms with van der Waals surface area (Å²) in [5, 5.41) is 12.5. The lowest BCUT2D eigenvalue weighted by Gasteiger charge is -2.36. The van der Waals surface area contributed by atoms with E-state index in [4.69, 9.17) is 0 Å². The molecule has 18 heavy (non-hydrogen) atoms. The molecule has 2 N–H and O–H groups in total. The molecule has 0 aromatic rings. The Morgan fingerprint density at radius 2 is 2.11 bits per heavy atom. The number of nitrogens with one attached hydrogen (secondary N) is 1. The van der Waals surface area contributed by atoms with Gasteiger partial charge in [0.25, 0.3) is 0 Å². The van der Waals surface area contributed by atoms with E-state index in [0.29, 0.717) is 12.6 Å². The van der Waals surface area contributed by atoms with E-state index in [2.05, 4.69) is 10.2 Å². The zero-order valence-corrected chi connectivity index (χ0v) is 12.2. The molecule has 4 nitrogen and oxygen atoms in total. The Morgan fingerprint density at radius 3 is 2.67 bits per heavy atom. The van der Waals surface area contributed by atoms with Crippen LogP contribution in [0.3, 0.4) is 0 Å². The van der Waals surface area contributed by atoms with Gasteiger partial charge in [-0.05, 0) is 53.5 Å². The SMILES string of the molecule is CC(O)CC1CCCCN1CC(=O)NC(C)(C)C. The fraction of sp³-hybridized carbons (Fsp3) is 0.929. The normalized spacial score (nSPS) is 23.7. The predicted molar refractivity (Wildman–Crippen MR) is 73.4 cm³/mol. The second kappa shape index (κ2) is 6.53. The first-order valence-corrected chi connectivity index (χ1v) is 7.01. The van der Waals surface area contributed by atoms with E-state index in [-0.39, 0.29) is 17.6 Å². The molecule has 1 saturated heterocycles. The number of nitrogens with zero attached hydrogens (tertiary/aromatic N) is 1. The van der Waals surface area contributed by atoms with Crippen molar-refractivity contribution in [1.29, 1.82) is 0 Å². The molecule has 1 aliphatic heterocycles. The molecule has 106 valence electrons. The molecule has 0 bridgehead atoms. The van der Waals surface area contributed by atoms with Crippen LogP contribution in [-0.2, 0) is 4.79 Å². The summed E-state index contributed by atoms with van der Waals surface area (Å²) in [5.74, 6) is 0.0833. The molecule has 2 unspecified atom stereocenters. The first-order valence-electron chi connectivity index (χ1n) is 7.01. The standard InChI is InChI=1S/C14H28N2O2/c1-11(17)9-12-7-5-6-8-16(12)10-13(18)15-14(2,3)4/h11-12,17H,5-10H2,1-4H3,(H,15,18). The van der Waals surface area contributed by atoms with Crippen molar-refractivity contribution in [2.75, 3.05) is 13.1 Å². The highest BCUT2D eigenvalue weighted by molar-refractivity contribution is 5.78. The molecule has 1 amide bonds. The highest BCUT2D eigenvalue weighted by atomic mass is 16.3. The number of likely N-dealkylation sites (tertiary alicyclic amines) is 1. The lowest BCUT2D eigenvalue weighted by Crippen LogP contribution is -2.50. The second-order valence-corrected chi connectivity index (χ2v) is 6.50. The third kappa shape index (κ3) is 5.83. The van der Waals surface area contributed by atoms with Gasteiger partial charge >= 0.3 is 0 Å². The molecule has 1 rings (SSSR count). The van der Waals surface area contributed by atoms with Gasteiger partial charge in [0.15, 0.2) is 0 Å². The minimum atomic E-state index is -0.290. The van der Waals surface area contributed by atoms with Crippen LogP contribution in [0.15, 0.2) is 0 Å². The summed E-state index contributed by atoms with van der Waals surface area (Å²) < 4.78 is 0. The maximum atomic E-state index is 11.9. The molecule has 0 aromatic carbocycles. The van der Waals surface area contributed by atoms with E-state index in [9.17, 15) is 9.90 Å². The van der Waals surface area contributed by atoms with Crippen LogP contribution in [-0.4, -0.2) is 46.7 Å². The molecule has 0 radical (unpaired) electrons. The largest absolute Gasteiger partial charge is 0.393 e.